The summed E-state index contributed by atoms with van der Waals surface area (Å²) < 4.78 is 12.1. The van der Waals surface area contributed by atoms with Gasteiger partial charge in [-0.3, -0.25) is 4.79 Å². The van der Waals surface area contributed by atoms with Gasteiger partial charge in [0.05, 0.1) is 25.3 Å². The summed E-state index contributed by atoms with van der Waals surface area (Å²) in [6.45, 7) is 5.02. The first-order chi connectivity index (χ1) is 15.0. The molecule has 4 rings (SSSR count). The summed E-state index contributed by atoms with van der Waals surface area (Å²) in [5.41, 5.74) is 3.66. The van der Waals surface area contributed by atoms with Crippen molar-refractivity contribution in [2.45, 2.75) is 13.5 Å². The molecule has 1 saturated heterocycles. The Morgan fingerprint density at radius 1 is 1.00 bits per heavy atom. The number of piperazine rings is 1. The van der Waals surface area contributed by atoms with Crippen LogP contribution < -0.4 is 9.64 Å². The molecule has 0 spiro atoms. The summed E-state index contributed by atoms with van der Waals surface area (Å²) in [7, 11) is 2.99. The van der Waals surface area contributed by atoms with Crippen molar-refractivity contribution in [1.29, 1.82) is 0 Å². The van der Waals surface area contributed by atoms with E-state index in [-0.39, 0.29) is 11.7 Å². The van der Waals surface area contributed by atoms with E-state index in [9.17, 15) is 9.59 Å². The molecule has 1 aliphatic rings. The zero-order valence-electron chi connectivity index (χ0n) is 18.0. The van der Waals surface area contributed by atoms with Gasteiger partial charge >= 0.3 is 5.97 Å². The van der Waals surface area contributed by atoms with Gasteiger partial charge in [0.2, 0.25) is 11.7 Å². The molecule has 0 radical (unpaired) electrons. The smallest absolute Gasteiger partial charge is 0.374 e. The van der Waals surface area contributed by atoms with Crippen LogP contribution in [0.15, 0.2) is 42.5 Å². The predicted octanol–water partition coefficient (Wildman–Crippen LogP) is 2.55. The lowest BCUT2D eigenvalue weighted by atomic mass is 10.2. The topological polar surface area (TPSA) is 76.9 Å². The lowest BCUT2D eigenvalue weighted by Gasteiger charge is -2.35. The molecule has 0 N–H and O–H groups in total. The Bertz CT molecular complexity index is 1100. The minimum Gasteiger partial charge on any atom is -0.497 e. The van der Waals surface area contributed by atoms with Gasteiger partial charge < -0.3 is 23.8 Å². The predicted molar refractivity (Wildman–Crippen MR) is 118 cm³/mol. The highest BCUT2D eigenvalue weighted by Gasteiger charge is 2.22. The van der Waals surface area contributed by atoms with Crippen molar-refractivity contribution < 1.29 is 19.1 Å². The number of carbonyl (C=O) groups is 2. The van der Waals surface area contributed by atoms with Crippen LogP contribution in [0.4, 0.5) is 5.69 Å². The molecule has 0 aliphatic carbocycles. The Kier molecular flexibility index (Phi) is 5.79. The summed E-state index contributed by atoms with van der Waals surface area (Å²) in [6.07, 6.45) is 0. The Morgan fingerprint density at radius 3 is 2.32 bits per heavy atom. The Hall–Kier alpha value is -3.55. The van der Waals surface area contributed by atoms with E-state index in [2.05, 4.69) is 16.0 Å². The van der Waals surface area contributed by atoms with E-state index in [4.69, 9.17) is 9.47 Å². The van der Waals surface area contributed by atoms with Crippen molar-refractivity contribution in [2.75, 3.05) is 45.3 Å². The van der Waals surface area contributed by atoms with Gasteiger partial charge in [-0.05, 0) is 35.9 Å². The fourth-order valence-corrected chi connectivity index (χ4v) is 3.91. The van der Waals surface area contributed by atoms with Crippen molar-refractivity contribution in [1.82, 2.24) is 14.5 Å². The first-order valence-corrected chi connectivity index (χ1v) is 10.2. The van der Waals surface area contributed by atoms with E-state index in [1.165, 1.54) is 7.11 Å². The highest BCUT2D eigenvalue weighted by atomic mass is 16.5. The maximum atomic E-state index is 12.4. The number of amides is 1. The van der Waals surface area contributed by atoms with Crippen molar-refractivity contribution in [3.05, 3.63) is 53.9 Å². The molecule has 1 aliphatic heterocycles. The first kappa shape index (κ1) is 20.7. The van der Waals surface area contributed by atoms with Crippen LogP contribution in [-0.4, -0.2) is 66.7 Å². The summed E-state index contributed by atoms with van der Waals surface area (Å²) in [4.78, 5) is 32.7. The van der Waals surface area contributed by atoms with Gasteiger partial charge in [0.1, 0.15) is 5.75 Å². The SMILES string of the molecule is COC(=O)c1nc2ccc(N3CCN(C(C)=O)CC3)cc2n1Cc1ccc(OC)cc1. The fourth-order valence-electron chi connectivity index (χ4n) is 3.91. The fraction of sp³-hybridized carbons (Fsp3) is 0.348. The Labute approximate surface area is 181 Å². The molecule has 0 atom stereocenters. The van der Waals surface area contributed by atoms with Gasteiger partial charge in [-0.1, -0.05) is 12.1 Å². The monoisotopic (exact) mass is 422 g/mol. The third kappa shape index (κ3) is 4.19. The number of nitrogens with zero attached hydrogens (tertiary/aromatic N) is 4. The number of rotatable bonds is 5. The molecule has 0 bridgehead atoms. The second kappa shape index (κ2) is 8.67. The van der Waals surface area contributed by atoms with Crippen molar-refractivity contribution in [2.24, 2.45) is 0 Å². The quantitative estimate of drug-likeness (QED) is 0.588. The van der Waals surface area contributed by atoms with Gasteiger partial charge in [-0.15, -0.1) is 0 Å². The zero-order valence-corrected chi connectivity index (χ0v) is 18.0. The number of benzene rings is 2. The second-order valence-corrected chi connectivity index (χ2v) is 7.53. The number of methoxy groups -OCH3 is 2. The molecule has 1 aromatic heterocycles. The standard InChI is InChI=1S/C23H26N4O4/c1-16(28)25-10-12-26(13-11-25)18-6-9-20-21(14-18)27(22(24-20)23(29)31-3)15-17-4-7-19(30-2)8-5-17/h4-9,14H,10-13,15H2,1-3H3. The van der Waals surface area contributed by atoms with Crippen molar-refractivity contribution in [3.8, 4) is 5.75 Å². The van der Waals surface area contributed by atoms with Gasteiger partial charge in [-0.2, -0.15) is 0 Å². The number of esters is 1. The van der Waals surface area contributed by atoms with E-state index in [1.807, 2.05) is 45.9 Å². The Balaban J connectivity index is 1.69. The van der Waals surface area contributed by atoms with Gasteiger partial charge in [-0.25, -0.2) is 9.78 Å². The molecule has 8 nitrogen and oxygen atoms in total. The molecule has 0 saturated carbocycles. The molecule has 2 heterocycles. The van der Waals surface area contributed by atoms with Crippen LogP contribution in [0.25, 0.3) is 11.0 Å². The van der Waals surface area contributed by atoms with Gasteiger partial charge in [0, 0.05) is 45.3 Å². The largest absolute Gasteiger partial charge is 0.497 e. The van der Waals surface area contributed by atoms with Crippen molar-refractivity contribution >= 4 is 28.6 Å². The number of fused-ring (bicyclic) bond motifs is 1. The molecule has 162 valence electrons. The summed E-state index contributed by atoms with van der Waals surface area (Å²) in [5, 5.41) is 0. The Morgan fingerprint density at radius 2 is 1.71 bits per heavy atom. The normalized spacial score (nSPS) is 14.0. The highest BCUT2D eigenvalue weighted by Crippen LogP contribution is 2.26. The maximum absolute atomic E-state index is 12.4. The van der Waals surface area contributed by atoms with E-state index in [0.29, 0.717) is 19.6 Å². The molecular weight excluding hydrogens is 396 g/mol. The number of imidazole rings is 1. The number of hydrogen-bond acceptors (Lipinski definition) is 6. The molecule has 2 aromatic carbocycles. The number of ether oxygens (including phenoxy) is 2. The van der Waals surface area contributed by atoms with E-state index in [1.54, 1.807) is 14.0 Å². The van der Waals surface area contributed by atoms with E-state index in [0.717, 1.165) is 41.1 Å². The van der Waals surface area contributed by atoms with Gasteiger partial charge in [0.15, 0.2) is 0 Å². The molecule has 1 amide bonds. The average molecular weight is 422 g/mol. The van der Waals surface area contributed by atoms with E-state index >= 15 is 0 Å². The van der Waals surface area contributed by atoms with Crippen LogP contribution in [0.2, 0.25) is 0 Å². The molecule has 31 heavy (non-hydrogen) atoms. The molecular formula is C23H26N4O4. The summed E-state index contributed by atoms with van der Waals surface area (Å²) in [6, 6.07) is 13.7. The summed E-state index contributed by atoms with van der Waals surface area (Å²) >= 11 is 0. The number of anilines is 1. The van der Waals surface area contributed by atoms with Crippen LogP contribution in [0, 0.1) is 0 Å². The average Bonchev–Trinajstić information content (AvgIpc) is 3.16. The number of aromatic nitrogens is 2. The number of hydrogen-bond donors (Lipinski definition) is 0. The second-order valence-electron chi connectivity index (χ2n) is 7.53. The lowest BCUT2D eigenvalue weighted by molar-refractivity contribution is -0.129. The van der Waals surface area contributed by atoms with Crippen LogP contribution in [0.5, 0.6) is 5.75 Å². The van der Waals surface area contributed by atoms with Crippen LogP contribution in [0.3, 0.4) is 0 Å². The highest BCUT2D eigenvalue weighted by molar-refractivity contribution is 5.92. The zero-order chi connectivity index (χ0) is 22.0. The third-order valence-corrected chi connectivity index (χ3v) is 5.69. The molecule has 3 aromatic rings. The molecule has 1 fully saturated rings. The maximum Gasteiger partial charge on any atom is 0.374 e. The molecule has 8 heteroatoms. The third-order valence-electron chi connectivity index (χ3n) is 5.69. The number of carbonyl (C=O) groups excluding carboxylic acids is 2. The summed E-state index contributed by atoms with van der Waals surface area (Å²) in [5.74, 6) is 0.683. The minimum atomic E-state index is -0.471. The van der Waals surface area contributed by atoms with Crippen LogP contribution >= 0.6 is 0 Å². The molecule has 0 unspecified atom stereocenters. The van der Waals surface area contributed by atoms with Gasteiger partial charge in [0.25, 0.3) is 0 Å². The first-order valence-electron chi connectivity index (χ1n) is 10.2. The van der Waals surface area contributed by atoms with E-state index < -0.39 is 5.97 Å². The minimum absolute atomic E-state index is 0.107. The van der Waals surface area contributed by atoms with Crippen LogP contribution in [-0.2, 0) is 16.1 Å². The van der Waals surface area contributed by atoms with Crippen molar-refractivity contribution in [3.63, 3.8) is 0 Å². The lowest BCUT2D eigenvalue weighted by Crippen LogP contribution is -2.48. The van der Waals surface area contributed by atoms with Crippen LogP contribution in [0.1, 0.15) is 23.1 Å².